The average Bonchev–Trinajstić information content (AvgIpc) is 1.63. The van der Waals surface area contributed by atoms with Crippen molar-refractivity contribution in [1.29, 1.82) is 0 Å². The highest BCUT2D eigenvalue weighted by Crippen LogP contribution is 2.38. The van der Waals surface area contributed by atoms with Gasteiger partial charge in [0.1, 0.15) is 0 Å². The van der Waals surface area contributed by atoms with E-state index < -0.39 is 0 Å². The van der Waals surface area contributed by atoms with Crippen molar-refractivity contribution in [1.82, 2.24) is 0 Å². The third-order valence-corrected chi connectivity index (χ3v) is 3.10. The molecule has 2 heteroatoms. The lowest BCUT2D eigenvalue weighted by molar-refractivity contribution is 0.544. The van der Waals surface area contributed by atoms with Crippen LogP contribution >= 0.6 is 11.8 Å². The molecule has 0 radical (unpaired) electrons. The zero-order chi connectivity index (χ0) is 5.49. The van der Waals surface area contributed by atoms with Crippen LogP contribution in [0.2, 0.25) is 0 Å². The quantitative estimate of drug-likeness (QED) is 0.509. The molecule has 0 amide bonds. The summed E-state index contributed by atoms with van der Waals surface area (Å²) >= 11 is 1.95. The van der Waals surface area contributed by atoms with Crippen molar-refractivity contribution in [2.45, 2.75) is 24.6 Å². The largest absolute Gasteiger partial charge is 0.326 e. The lowest BCUT2D eigenvalue weighted by Gasteiger charge is -2.40. The first-order valence-corrected chi connectivity index (χ1v) is 3.51. The van der Waals surface area contributed by atoms with Crippen LogP contribution in [-0.4, -0.2) is 16.5 Å². The molecule has 1 atom stereocenters. The van der Waals surface area contributed by atoms with Crippen LogP contribution in [0, 0.1) is 0 Å². The summed E-state index contributed by atoms with van der Waals surface area (Å²) in [6, 6.07) is 0.442. The molecule has 0 spiro atoms. The van der Waals surface area contributed by atoms with Gasteiger partial charge >= 0.3 is 0 Å². The molecule has 2 N–H and O–H groups in total. The van der Waals surface area contributed by atoms with Crippen molar-refractivity contribution >= 4 is 11.8 Å². The predicted octanol–water partition coefficient (Wildman–Crippen LogP) is 0.839. The third kappa shape index (κ3) is 0.774. The van der Waals surface area contributed by atoms with Crippen molar-refractivity contribution in [2.75, 3.05) is 5.75 Å². The maximum absolute atomic E-state index is 5.64. The molecule has 0 aliphatic carbocycles. The molecule has 0 aromatic carbocycles. The summed E-state index contributed by atoms with van der Waals surface area (Å²) in [7, 11) is 0. The number of rotatable bonds is 0. The van der Waals surface area contributed by atoms with Crippen LogP contribution in [0.1, 0.15) is 13.8 Å². The number of nitrogens with two attached hydrogens (primary N) is 1. The van der Waals surface area contributed by atoms with Gasteiger partial charge in [-0.3, -0.25) is 0 Å². The topological polar surface area (TPSA) is 26.0 Å². The second-order valence-corrected chi connectivity index (χ2v) is 4.20. The van der Waals surface area contributed by atoms with Gasteiger partial charge in [-0.15, -0.1) is 0 Å². The van der Waals surface area contributed by atoms with Gasteiger partial charge in [-0.05, 0) is 13.8 Å². The molecule has 7 heavy (non-hydrogen) atoms. The Morgan fingerprint density at radius 3 is 2.14 bits per heavy atom. The van der Waals surface area contributed by atoms with Gasteiger partial charge in [0.25, 0.3) is 0 Å². The second-order valence-electron chi connectivity index (χ2n) is 2.52. The maximum Gasteiger partial charge on any atom is 0.0274 e. The van der Waals surface area contributed by atoms with E-state index in [1.807, 2.05) is 11.8 Å². The minimum absolute atomic E-state index is 0.375. The Kier molecular flexibility index (Phi) is 1.08. The molecular formula is C5H11NS. The van der Waals surface area contributed by atoms with Gasteiger partial charge in [0.2, 0.25) is 0 Å². The molecule has 42 valence electrons. The Morgan fingerprint density at radius 1 is 1.71 bits per heavy atom. The Morgan fingerprint density at radius 2 is 2.14 bits per heavy atom. The van der Waals surface area contributed by atoms with Crippen molar-refractivity contribution in [3.63, 3.8) is 0 Å². The van der Waals surface area contributed by atoms with E-state index >= 15 is 0 Å². The minimum Gasteiger partial charge on any atom is -0.326 e. The molecule has 0 bridgehead atoms. The molecular weight excluding hydrogens is 106 g/mol. The van der Waals surface area contributed by atoms with Gasteiger partial charge in [-0.2, -0.15) is 11.8 Å². The summed E-state index contributed by atoms with van der Waals surface area (Å²) in [5, 5.41) is 0. The van der Waals surface area contributed by atoms with E-state index in [0.29, 0.717) is 10.8 Å². The Balaban J connectivity index is 2.43. The zero-order valence-corrected chi connectivity index (χ0v) is 5.59. The van der Waals surface area contributed by atoms with Crippen LogP contribution in [0.15, 0.2) is 0 Å². The molecule has 0 unspecified atom stereocenters. The Hall–Kier alpha value is 0.310. The van der Waals surface area contributed by atoms with Crippen LogP contribution in [0.4, 0.5) is 0 Å². The van der Waals surface area contributed by atoms with Gasteiger partial charge in [0, 0.05) is 16.5 Å². The van der Waals surface area contributed by atoms with Crippen LogP contribution in [-0.2, 0) is 0 Å². The molecule has 1 rings (SSSR count). The molecule has 1 fully saturated rings. The predicted molar refractivity (Wildman–Crippen MR) is 34.5 cm³/mol. The summed E-state index contributed by atoms with van der Waals surface area (Å²) < 4.78 is 0.375. The molecule has 0 aromatic rings. The van der Waals surface area contributed by atoms with Gasteiger partial charge in [-0.25, -0.2) is 0 Å². The molecule has 1 aliphatic heterocycles. The van der Waals surface area contributed by atoms with Crippen LogP contribution in [0.5, 0.6) is 0 Å². The van der Waals surface area contributed by atoms with Crippen molar-refractivity contribution in [2.24, 2.45) is 5.73 Å². The monoisotopic (exact) mass is 117 g/mol. The number of thioether (sulfide) groups is 1. The van der Waals surface area contributed by atoms with E-state index in [4.69, 9.17) is 5.73 Å². The summed E-state index contributed by atoms with van der Waals surface area (Å²) in [5.41, 5.74) is 5.64. The van der Waals surface area contributed by atoms with Crippen LogP contribution in [0.25, 0.3) is 0 Å². The number of hydrogen-bond donors (Lipinski definition) is 1. The minimum atomic E-state index is 0.375. The van der Waals surface area contributed by atoms with E-state index in [1.54, 1.807) is 0 Å². The first-order chi connectivity index (χ1) is 3.13. The molecule has 1 nitrogen and oxygen atoms in total. The van der Waals surface area contributed by atoms with E-state index in [9.17, 15) is 0 Å². The van der Waals surface area contributed by atoms with E-state index in [1.165, 1.54) is 0 Å². The third-order valence-electron chi connectivity index (χ3n) is 1.53. The molecule has 0 saturated carbocycles. The highest BCUT2D eigenvalue weighted by atomic mass is 32.2. The summed E-state index contributed by atoms with van der Waals surface area (Å²) in [4.78, 5) is 0. The van der Waals surface area contributed by atoms with Crippen LogP contribution < -0.4 is 5.73 Å². The van der Waals surface area contributed by atoms with Gasteiger partial charge in [0.05, 0.1) is 0 Å². The first kappa shape index (κ1) is 5.45. The lowest BCUT2D eigenvalue weighted by Crippen LogP contribution is -2.51. The Bertz CT molecular complexity index is 80.1. The second kappa shape index (κ2) is 1.39. The van der Waals surface area contributed by atoms with E-state index in [2.05, 4.69) is 13.8 Å². The van der Waals surface area contributed by atoms with Crippen molar-refractivity contribution in [3.05, 3.63) is 0 Å². The molecule has 1 aliphatic rings. The zero-order valence-electron chi connectivity index (χ0n) is 4.77. The SMILES string of the molecule is CC1(C)SC[C@H]1N. The van der Waals surface area contributed by atoms with Gasteiger partial charge in [0.15, 0.2) is 0 Å². The van der Waals surface area contributed by atoms with Crippen LogP contribution in [0.3, 0.4) is 0 Å². The summed E-state index contributed by atoms with van der Waals surface area (Å²) in [5.74, 6) is 1.15. The van der Waals surface area contributed by atoms with Gasteiger partial charge < -0.3 is 5.73 Å². The maximum atomic E-state index is 5.64. The molecule has 1 heterocycles. The summed E-state index contributed by atoms with van der Waals surface area (Å²) in [6.45, 7) is 4.37. The summed E-state index contributed by atoms with van der Waals surface area (Å²) in [6.07, 6.45) is 0. The van der Waals surface area contributed by atoms with Crippen molar-refractivity contribution < 1.29 is 0 Å². The lowest BCUT2D eigenvalue weighted by atomic mass is 10.1. The van der Waals surface area contributed by atoms with E-state index in [0.717, 1.165) is 5.75 Å². The van der Waals surface area contributed by atoms with Crippen molar-refractivity contribution in [3.8, 4) is 0 Å². The van der Waals surface area contributed by atoms with E-state index in [-0.39, 0.29) is 0 Å². The normalized spacial score (nSPS) is 37.3. The standard InChI is InChI=1S/C5H11NS/c1-5(2)4(6)3-7-5/h4H,3,6H2,1-2H3/t4-/m1/s1. The highest BCUT2D eigenvalue weighted by molar-refractivity contribution is 8.02. The molecule has 0 aromatic heterocycles. The first-order valence-electron chi connectivity index (χ1n) is 2.52. The fourth-order valence-electron chi connectivity index (χ4n) is 0.513. The fourth-order valence-corrected chi connectivity index (χ4v) is 1.54. The smallest absolute Gasteiger partial charge is 0.0274 e. The number of hydrogen-bond acceptors (Lipinski definition) is 2. The highest BCUT2D eigenvalue weighted by Gasteiger charge is 2.35. The average molecular weight is 117 g/mol. The fraction of sp³-hybridized carbons (Fsp3) is 1.00. The molecule has 1 saturated heterocycles. The Labute approximate surface area is 48.7 Å². The van der Waals surface area contributed by atoms with Gasteiger partial charge in [-0.1, -0.05) is 0 Å².